The smallest absolute Gasteiger partial charge is 0.126 e. The Hall–Kier alpha value is -1.86. The quantitative estimate of drug-likeness (QED) is 0.843. The third-order valence-electron chi connectivity index (χ3n) is 3.26. The Kier molecular flexibility index (Phi) is 3.22. The van der Waals surface area contributed by atoms with E-state index >= 15 is 0 Å². The van der Waals surface area contributed by atoms with Gasteiger partial charge in [0.25, 0.3) is 0 Å². The van der Waals surface area contributed by atoms with E-state index in [2.05, 4.69) is 16.3 Å². The van der Waals surface area contributed by atoms with Crippen LogP contribution in [0.1, 0.15) is 24.0 Å². The van der Waals surface area contributed by atoms with Gasteiger partial charge in [-0.25, -0.2) is 4.39 Å². The van der Waals surface area contributed by atoms with Crippen molar-refractivity contribution in [3.05, 3.63) is 52.0 Å². The summed E-state index contributed by atoms with van der Waals surface area (Å²) in [6.07, 6.45) is 2.28. The summed E-state index contributed by atoms with van der Waals surface area (Å²) in [7, 11) is 0. The van der Waals surface area contributed by atoms with Gasteiger partial charge in [-0.1, -0.05) is 0 Å². The molecule has 4 heteroatoms. The average Bonchev–Trinajstić information content (AvgIpc) is 3.12. The molecule has 0 radical (unpaired) electrons. The number of hydrogen-bond donors (Lipinski definition) is 0. The van der Waals surface area contributed by atoms with Crippen LogP contribution in [-0.2, 0) is 6.54 Å². The van der Waals surface area contributed by atoms with Gasteiger partial charge < -0.3 is 4.90 Å². The van der Waals surface area contributed by atoms with Crippen LogP contribution < -0.4 is 4.90 Å². The summed E-state index contributed by atoms with van der Waals surface area (Å²) in [6, 6.07) is 9.15. The number of thiophene rings is 1. The molecule has 0 spiro atoms. The second kappa shape index (κ2) is 5.02. The Morgan fingerprint density at radius 2 is 2.21 bits per heavy atom. The van der Waals surface area contributed by atoms with E-state index in [9.17, 15) is 4.39 Å². The van der Waals surface area contributed by atoms with Gasteiger partial charge in [0.2, 0.25) is 0 Å². The van der Waals surface area contributed by atoms with Crippen molar-refractivity contribution in [3.8, 4) is 6.07 Å². The van der Waals surface area contributed by atoms with Crippen molar-refractivity contribution in [2.24, 2.45) is 0 Å². The molecule has 0 N–H and O–H groups in total. The second-order valence-corrected chi connectivity index (χ2v) is 5.58. The highest BCUT2D eigenvalue weighted by molar-refractivity contribution is 7.07. The standard InChI is InChI=1S/C15H13FN2S/c16-13-5-12(8-17)6-15(7-13)18(14-1-2-14)9-11-3-4-19-10-11/h3-7,10,14H,1-2,9H2. The van der Waals surface area contributed by atoms with Crippen LogP contribution in [0, 0.1) is 17.1 Å². The maximum atomic E-state index is 13.6. The van der Waals surface area contributed by atoms with E-state index in [0.29, 0.717) is 11.6 Å². The summed E-state index contributed by atoms with van der Waals surface area (Å²) in [5.74, 6) is -0.343. The molecule has 0 amide bonds. The second-order valence-electron chi connectivity index (χ2n) is 4.80. The maximum absolute atomic E-state index is 13.6. The van der Waals surface area contributed by atoms with Gasteiger partial charge in [-0.2, -0.15) is 16.6 Å². The molecule has 1 aromatic carbocycles. The summed E-state index contributed by atoms with van der Waals surface area (Å²) in [5.41, 5.74) is 2.43. The van der Waals surface area contributed by atoms with E-state index in [4.69, 9.17) is 5.26 Å². The number of anilines is 1. The van der Waals surface area contributed by atoms with Crippen molar-refractivity contribution in [2.45, 2.75) is 25.4 Å². The molecule has 0 aliphatic heterocycles. The van der Waals surface area contributed by atoms with E-state index in [1.54, 1.807) is 17.4 Å². The lowest BCUT2D eigenvalue weighted by atomic mass is 10.1. The molecule has 0 unspecified atom stereocenters. The van der Waals surface area contributed by atoms with Gasteiger partial charge in [-0.15, -0.1) is 0 Å². The summed E-state index contributed by atoms with van der Waals surface area (Å²) >= 11 is 1.67. The SMILES string of the molecule is N#Cc1cc(F)cc(N(Cc2ccsc2)C2CC2)c1. The molecule has 0 atom stereocenters. The Morgan fingerprint density at radius 3 is 2.84 bits per heavy atom. The Morgan fingerprint density at radius 1 is 1.37 bits per heavy atom. The third kappa shape index (κ3) is 2.77. The molecule has 96 valence electrons. The fourth-order valence-electron chi connectivity index (χ4n) is 2.20. The lowest BCUT2D eigenvalue weighted by molar-refractivity contribution is 0.625. The highest BCUT2D eigenvalue weighted by atomic mass is 32.1. The lowest BCUT2D eigenvalue weighted by Crippen LogP contribution is -2.24. The molecule has 2 nitrogen and oxygen atoms in total. The van der Waals surface area contributed by atoms with Crippen LogP contribution in [0.5, 0.6) is 0 Å². The Balaban J connectivity index is 1.92. The molecule has 1 aromatic heterocycles. The van der Waals surface area contributed by atoms with Crippen molar-refractivity contribution in [3.63, 3.8) is 0 Å². The van der Waals surface area contributed by atoms with Crippen molar-refractivity contribution >= 4 is 17.0 Å². The van der Waals surface area contributed by atoms with Gasteiger partial charge in [0, 0.05) is 18.3 Å². The number of nitrogens with zero attached hydrogens (tertiary/aromatic N) is 2. The molecular weight excluding hydrogens is 259 g/mol. The molecule has 0 saturated heterocycles. The van der Waals surface area contributed by atoms with Crippen LogP contribution in [0.3, 0.4) is 0 Å². The number of halogens is 1. The molecule has 1 heterocycles. The monoisotopic (exact) mass is 272 g/mol. The largest absolute Gasteiger partial charge is 0.364 e. The maximum Gasteiger partial charge on any atom is 0.126 e. The summed E-state index contributed by atoms with van der Waals surface area (Å²) in [5, 5.41) is 13.1. The van der Waals surface area contributed by atoms with Gasteiger partial charge in [-0.3, -0.25) is 0 Å². The minimum atomic E-state index is -0.343. The molecule has 19 heavy (non-hydrogen) atoms. The zero-order valence-corrected chi connectivity index (χ0v) is 11.2. The number of nitriles is 1. The first-order valence-corrected chi connectivity index (χ1v) is 7.19. The van der Waals surface area contributed by atoms with Crippen LogP contribution >= 0.6 is 11.3 Å². The molecule has 1 aliphatic rings. The van der Waals surface area contributed by atoms with Crippen molar-refractivity contribution in [2.75, 3.05) is 4.90 Å². The van der Waals surface area contributed by atoms with Crippen LogP contribution in [0.25, 0.3) is 0 Å². The Bertz CT molecular complexity index is 612. The molecule has 0 bridgehead atoms. The molecule has 1 fully saturated rings. The lowest BCUT2D eigenvalue weighted by Gasteiger charge is -2.24. The fourth-order valence-corrected chi connectivity index (χ4v) is 2.86. The summed E-state index contributed by atoms with van der Waals surface area (Å²) in [4.78, 5) is 2.20. The molecule has 1 saturated carbocycles. The fraction of sp³-hybridized carbons (Fsp3) is 0.267. The number of benzene rings is 1. The van der Waals surface area contributed by atoms with Gasteiger partial charge in [0.15, 0.2) is 0 Å². The van der Waals surface area contributed by atoms with E-state index in [1.807, 2.05) is 11.4 Å². The van der Waals surface area contributed by atoms with E-state index < -0.39 is 0 Å². The van der Waals surface area contributed by atoms with Crippen LogP contribution in [-0.4, -0.2) is 6.04 Å². The zero-order chi connectivity index (χ0) is 13.2. The molecule has 3 rings (SSSR count). The van der Waals surface area contributed by atoms with Crippen LogP contribution in [0.4, 0.5) is 10.1 Å². The average molecular weight is 272 g/mol. The van der Waals surface area contributed by atoms with Crippen LogP contribution in [0.2, 0.25) is 0 Å². The highest BCUT2D eigenvalue weighted by Gasteiger charge is 2.29. The predicted molar refractivity (Wildman–Crippen MR) is 74.6 cm³/mol. The van der Waals surface area contributed by atoms with Gasteiger partial charge in [0.05, 0.1) is 11.6 Å². The normalized spacial score (nSPS) is 14.1. The highest BCUT2D eigenvalue weighted by Crippen LogP contribution is 2.34. The molecular formula is C15H13FN2S. The molecule has 1 aliphatic carbocycles. The number of rotatable bonds is 4. The minimum Gasteiger partial charge on any atom is -0.364 e. The van der Waals surface area contributed by atoms with Crippen molar-refractivity contribution in [1.29, 1.82) is 5.26 Å². The van der Waals surface area contributed by atoms with E-state index in [1.165, 1.54) is 17.7 Å². The first kappa shape index (κ1) is 12.2. The zero-order valence-electron chi connectivity index (χ0n) is 10.3. The predicted octanol–water partition coefficient (Wildman–Crippen LogP) is 3.93. The summed E-state index contributed by atoms with van der Waals surface area (Å²) in [6.45, 7) is 0.780. The van der Waals surface area contributed by atoms with Gasteiger partial charge in [-0.05, 0) is 53.4 Å². The topological polar surface area (TPSA) is 27.0 Å². The first-order valence-electron chi connectivity index (χ1n) is 6.24. The van der Waals surface area contributed by atoms with Crippen molar-refractivity contribution in [1.82, 2.24) is 0 Å². The summed E-state index contributed by atoms with van der Waals surface area (Å²) < 4.78 is 13.6. The molecule has 2 aromatic rings. The first-order chi connectivity index (χ1) is 9.26. The Labute approximate surface area is 115 Å². The minimum absolute atomic E-state index is 0.343. The number of hydrogen-bond acceptors (Lipinski definition) is 3. The van der Waals surface area contributed by atoms with Crippen molar-refractivity contribution < 1.29 is 4.39 Å². The third-order valence-corrected chi connectivity index (χ3v) is 4.00. The van der Waals surface area contributed by atoms with Gasteiger partial charge in [0.1, 0.15) is 5.82 Å². The van der Waals surface area contributed by atoms with Gasteiger partial charge >= 0.3 is 0 Å². The van der Waals surface area contributed by atoms with Crippen LogP contribution in [0.15, 0.2) is 35.0 Å². The van der Waals surface area contributed by atoms with E-state index in [-0.39, 0.29) is 5.82 Å². The van der Waals surface area contributed by atoms with E-state index in [0.717, 1.165) is 25.1 Å².